The molecule has 1 saturated carbocycles. The number of nitrogens with one attached hydrogen (secondary N) is 1. The molecular weight excluding hydrogens is 348 g/mol. The number of hydrogen-bond acceptors (Lipinski definition) is 2. The van der Waals surface area contributed by atoms with E-state index in [0.717, 1.165) is 23.8 Å². The maximum atomic E-state index is 14.2. The molecule has 0 bridgehead atoms. The van der Waals surface area contributed by atoms with Crippen molar-refractivity contribution < 1.29 is 18.3 Å². The standard InChI is InChI=1S/C22H25F2NO2/c1-15-6-3-4-7-20(15)27-11-5-8-21(26)25-14-22(13-16(22)2)18-10-9-17(23)12-19(18)24/h3-4,6-7,9-10,12,16H,5,8,11,13-14H2,1-2H3,(H,25,26). The Kier molecular flexibility index (Phi) is 5.78. The zero-order valence-electron chi connectivity index (χ0n) is 15.7. The smallest absolute Gasteiger partial charge is 0.220 e. The van der Waals surface area contributed by atoms with Crippen LogP contribution in [0.1, 0.15) is 37.3 Å². The monoisotopic (exact) mass is 373 g/mol. The van der Waals surface area contributed by atoms with Crippen molar-refractivity contribution in [2.75, 3.05) is 13.2 Å². The number of aryl methyl sites for hydroxylation is 1. The summed E-state index contributed by atoms with van der Waals surface area (Å²) in [6, 6.07) is 11.4. The fraction of sp³-hybridized carbons (Fsp3) is 0.409. The summed E-state index contributed by atoms with van der Waals surface area (Å²) in [5.41, 5.74) is 1.12. The van der Waals surface area contributed by atoms with Gasteiger partial charge in [-0.05, 0) is 48.9 Å². The van der Waals surface area contributed by atoms with Gasteiger partial charge in [0, 0.05) is 24.4 Å². The van der Waals surface area contributed by atoms with E-state index in [4.69, 9.17) is 4.74 Å². The highest BCUT2D eigenvalue weighted by molar-refractivity contribution is 5.76. The van der Waals surface area contributed by atoms with Crippen LogP contribution < -0.4 is 10.1 Å². The Balaban J connectivity index is 1.46. The van der Waals surface area contributed by atoms with E-state index < -0.39 is 17.0 Å². The molecule has 3 nitrogen and oxygen atoms in total. The van der Waals surface area contributed by atoms with Crippen molar-refractivity contribution >= 4 is 5.91 Å². The second-order valence-electron chi connectivity index (χ2n) is 7.38. The van der Waals surface area contributed by atoms with Gasteiger partial charge in [-0.1, -0.05) is 31.2 Å². The second-order valence-corrected chi connectivity index (χ2v) is 7.38. The van der Waals surface area contributed by atoms with Gasteiger partial charge < -0.3 is 10.1 Å². The van der Waals surface area contributed by atoms with Crippen molar-refractivity contribution in [2.45, 2.75) is 38.5 Å². The molecule has 1 aliphatic carbocycles. The predicted octanol–water partition coefficient (Wildman–Crippen LogP) is 4.53. The van der Waals surface area contributed by atoms with Crippen LogP contribution in [0.2, 0.25) is 0 Å². The number of carbonyl (C=O) groups is 1. The highest BCUT2D eigenvalue weighted by Crippen LogP contribution is 2.54. The molecule has 2 aromatic carbocycles. The Labute approximate surface area is 158 Å². The molecule has 1 fully saturated rings. The van der Waals surface area contributed by atoms with E-state index in [-0.39, 0.29) is 11.8 Å². The van der Waals surface area contributed by atoms with Gasteiger partial charge in [0.15, 0.2) is 0 Å². The lowest BCUT2D eigenvalue weighted by molar-refractivity contribution is -0.121. The molecule has 2 unspecified atom stereocenters. The van der Waals surface area contributed by atoms with Gasteiger partial charge in [-0.25, -0.2) is 8.78 Å². The Morgan fingerprint density at radius 3 is 2.67 bits per heavy atom. The lowest BCUT2D eigenvalue weighted by Gasteiger charge is -2.19. The van der Waals surface area contributed by atoms with Crippen molar-refractivity contribution in [1.82, 2.24) is 5.32 Å². The van der Waals surface area contributed by atoms with Crippen molar-refractivity contribution in [3.63, 3.8) is 0 Å². The quantitative estimate of drug-likeness (QED) is 0.691. The lowest BCUT2D eigenvalue weighted by Crippen LogP contribution is -2.33. The molecular formula is C22H25F2NO2. The molecule has 5 heteroatoms. The average molecular weight is 373 g/mol. The third kappa shape index (κ3) is 4.46. The first kappa shape index (κ1) is 19.3. The van der Waals surface area contributed by atoms with E-state index in [1.165, 1.54) is 12.1 Å². The third-order valence-electron chi connectivity index (χ3n) is 5.42. The molecule has 0 heterocycles. The molecule has 1 amide bonds. The largest absolute Gasteiger partial charge is 0.493 e. The van der Waals surface area contributed by atoms with Gasteiger partial charge >= 0.3 is 0 Å². The van der Waals surface area contributed by atoms with Gasteiger partial charge in [-0.15, -0.1) is 0 Å². The van der Waals surface area contributed by atoms with Crippen molar-refractivity contribution in [3.05, 3.63) is 65.2 Å². The van der Waals surface area contributed by atoms with Gasteiger partial charge in [0.05, 0.1) is 6.61 Å². The van der Waals surface area contributed by atoms with Gasteiger partial charge in [-0.2, -0.15) is 0 Å². The normalized spacial score (nSPS) is 21.0. The first-order valence-corrected chi connectivity index (χ1v) is 9.33. The van der Waals surface area contributed by atoms with E-state index in [2.05, 4.69) is 5.32 Å². The Bertz CT molecular complexity index is 824. The number of hydrogen-bond donors (Lipinski definition) is 1. The third-order valence-corrected chi connectivity index (χ3v) is 5.42. The summed E-state index contributed by atoms with van der Waals surface area (Å²) in [6.07, 6.45) is 1.74. The fourth-order valence-corrected chi connectivity index (χ4v) is 3.58. The number of carbonyl (C=O) groups excluding carboxylic acids is 1. The first-order chi connectivity index (χ1) is 12.9. The van der Waals surface area contributed by atoms with E-state index in [1.807, 2.05) is 38.1 Å². The maximum absolute atomic E-state index is 14.2. The number of rotatable bonds is 8. The van der Waals surface area contributed by atoms with E-state index in [9.17, 15) is 13.6 Å². The van der Waals surface area contributed by atoms with Crippen LogP contribution in [-0.2, 0) is 10.2 Å². The number of para-hydroxylation sites is 1. The number of amides is 1. The van der Waals surface area contributed by atoms with Crippen molar-refractivity contribution in [2.24, 2.45) is 5.92 Å². The molecule has 3 rings (SSSR count). The zero-order chi connectivity index (χ0) is 19.4. The van der Waals surface area contributed by atoms with Crippen LogP contribution in [0, 0.1) is 24.5 Å². The highest BCUT2D eigenvalue weighted by Gasteiger charge is 2.53. The average Bonchev–Trinajstić information content (AvgIpc) is 3.29. The molecule has 0 radical (unpaired) electrons. The van der Waals surface area contributed by atoms with Gasteiger partial charge in [-0.3, -0.25) is 4.79 Å². The molecule has 27 heavy (non-hydrogen) atoms. The minimum absolute atomic E-state index is 0.0793. The van der Waals surface area contributed by atoms with Crippen molar-refractivity contribution in [3.8, 4) is 5.75 Å². The predicted molar refractivity (Wildman–Crippen MR) is 101 cm³/mol. The van der Waals surface area contributed by atoms with Gasteiger partial charge in [0.1, 0.15) is 17.4 Å². The fourth-order valence-electron chi connectivity index (χ4n) is 3.58. The Morgan fingerprint density at radius 2 is 2.00 bits per heavy atom. The summed E-state index contributed by atoms with van der Waals surface area (Å²) in [5, 5.41) is 2.91. The molecule has 2 atom stereocenters. The number of benzene rings is 2. The molecule has 144 valence electrons. The zero-order valence-corrected chi connectivity index (χ0v) is 15.7. The van der Waals surface area contributed by atoms with E-state index >= 15 is 0 Å². The molecule has 1 aliphatic rings. The van der Waals surface area contributed by atoms with Crippen LogP contribution >= 0.6 is 0 Å². The summed E-state index contributed by atoms with van der Waals surface area (Å²) in [4.78, 5) is 12.2. The Hall–Kier alpha value is -2.43. The van der Waals surface area contributed by atoms with Crippen LogP contribution in [0.15, 0.2) is 42.5 Å². The molecule has 1 N–H and O–H groups in total. The van der Waals surface area contributed by atoms with Gasteiger partial charge in [0.25, 0.3) is 0 Å². The number of halogens is 2. The second kappa shape index (κ2) is 8.07. The highest BCUT2D eigenvalue weighted by atomic mass is 19.1. The molecule has 2 aromatic rings. The van der Waals surface area contributed by atoms with Crippen LogP contribution in [0.3, 0.4) is 0 Å². The first-order valence-electron chi connectivity index (χ1n) is 9.33. The van der Waals surface area contributed by atoms with Gasteiger partial charge in [0.2, 0.25) is 5.91 Å². The minimum atomic E-state index is -0.586. The molecule has 0 spiro atoms. The number of ether oxygens (including phenoxy) is 1. The van der Waals surface area contributed by atoms with Crippen LogP contribution in [0.5, 0.6) is 5.75 Å². The Morgan fingerprint density at radius 1 is 1.26 bits per heavy atom. The minimum Gasteiger partial charge on any atom is -0.493 e. The summed E-state index contributed by atoms with van der Waals surface area (Å²) in [6.45, 7) is 4.83. The molecule has 0 aromatic heterocycles. The lowest BCUT2D eigenvalue weighted by atomic mass is 9.92. The van der Waals surface area contributed by atoms with Crippen LogP contribution in [0.25, 0.3) is 0 Å². The summed E-state index contributed by atoms with van der Waals surface area (Å²) in [7, 11) is 0. The summed E-state index contributed by atoms with van der Waals surface area (Å²) >= 11 is 0. The maximum Gasteiger partial charge on any atom is 0.220 e. The topological polar surface area (TPSA) is 38.3 Å². The van der Waals surface area contributed by atoms with E-state index in [1.54, 1.807) is 0 Å². The molecule has 0 aliphatic heterocycles. The summed E-state index contributed by atoms with van der Waals surface area (Å²) < 4.78 is 33.0. The SMILES string of the molecule is Cc1ccccc1OCCCC(=O)NCC1(c2ccc(F)cc2F)CC1C. The van der Waals surface area contributed by atoms with Crippen LogP contribution in [-0.4, -0.2) is 19.1 Å². The van der Waals surface area contributed by atoms with Crippen LogP contribution in [0.4, 0.5) is 8.78 Å². The molecule has 0 saturated heterocycles. The summed E-state index contributed by atoms with van der Waals surface area (Å²) in [5.74, 6) is -0.125. The van der Waals surface area contributed by atoms with Crippen molar-refractivity contribution in [1.29, 1.82) is 0 Å². The van der Waals surface area contributed by atoms with E-state index in [0.29, 0.717) is 31.6 Å².